The second-order valence-electron chi connectivity index (χ2n) is 2.80. The van der Waals surface area contributed by atoms with E-state index in [2.05, 4.69) is 13.2 Å². The molecular formula is C12H14O. The zero-order valence-electron chi connectivity index (χ0n) is 8.13. The van der Waals surface area contributed by atoms with E-state index in [1.165, 1.54) is 0 Å². The fourth-order valence-electron chi connectivity index (χ4n) is 1.40. The molecule has 0 heterocycles. The second kappa shape index (κ2) is 3.94. The van der Waals surface area contributed by atoms with Crippen LogP contribution in [0.5, 0.6) is 5.75 Å². The van der Waals surface area contributed by atoms with Gasteiger partial charge in [-0.3, -0.25) is 0 Å². The Morgan fingerprint density at radius 2 is 1.92 bits per heavy atom. The first-order valence-corrected chi connectivity index (χ1v) is 4.17. The standard InChI is InChI=1S/C12H14O/c1-5-10-7-8-12(13-4)9(3)11(10)6-2/h5-8H,1-2H2,3-4H3. The van der Waals surface area contributed by atoms with Gasteiger partial charge in [-0.1, -0.05) is 31.4 Å². The molecule has 1 rings (SSSR count). The maximum atomic E-state index is 5.20. The van der Waals surface area contributed by atoms with Crippen LogP contribution < -0.4 is 4.74 Å². The zero-order valence-corrected chi connectivity index (χ0v) is 8.13. The van der Waals surface area contributed by atoms with Crippen molar-refractivity contribution in [3.8, 4) is 5.75 Å². The molecule has 0 radical (unpaired) electrons. The summed E-state index contributed by atoms with van der Waals surface area (Å²) < 4.78 is 5.20. The number of methoxy groups -OCH3 is 1. The molecule has 1 nitrogen and oxygen atoms in total. The van der Waals surface area contributed by atoms with Crippen LogP contribution in [-0.2, 0) is 0 Å². The fourth-order valence-corrected chi connectivity index (χ4v) is 1.40. The lowest BCUT2D eigenvalue weighted by atomic mass is 10.0. The third-order valence-corrected chi connectivity index (χ3v) is 2.14. The number of hydrogen-bond donors (Lipinski definition) is 0. The molecule has 0 amide bonds. The van der Waals surface area contributed by atoms with Crippen molar-refractivity contribution in [2.24, 2.45) is 0 Å². The van der Waals surface area contributed by atoms with Crippen LogP contribution >= 0.6 is 0 Å². The Morgan fingerprint density at radius 1 is 1.23 bits per heavy atom. The third kappa shape index (κ3) is 1.64. The molecule has 1 heteroatoms. The van der Waals surface area contributed by atoms with Crippen molar-refractivity contribution in [1.82, 2.24) is 0 Å². The van der Waals surface area contributed by atoms with Crippen molar-refractivity contribution < 1.29 is 4.74 Å². The largest absolute Gasteiger partial charge is 0.496 e. The zero-order chi connectivity index (χ0) is 9.84. The average molecular weight is 174 g/mol. The highest BCUT2D eigenvalue weighted by Gasteiger charge is 2.04. The summed E-state index contributed by atoms with van der Waals surface area (Å²) in [6.07, 6.45) is 3.65. The van der Waals surface area contributed by atoms with Crippen molar-refractivity contribution in [1.29, 1.82) is 0 Å². The highest BCUT2D eigenvalue weighted by molar-refractivity contribution is 5.68. The maximum Gasteiger partial charge on any atom is 0.122 e. The van der Waals surface area contributed by atoms with E-state index < -0.39 is 0 Å². The van der Waals surface area contributed by atoms with E-state index in [9.17, 15) is 0 Å². The molecule has 68 valence electrons. The van der Waals surface area contributed by atoms with E-state index in [-0.39, 0.29) is 0 Å². The summed E-state index contributed by atoms with van der Waals surface area (Å²) >= 11 is 0. The quantitative estimate of drug-likeness (QED) is 0.683. The van der Waals surface area contributed by atoms with Crippen LogP contribution in [-0.4, -0.2) is 7.11 Å². The summed E-state index contributed by atoms with van der Waals surface area (Å²) in [7, 11) is 1.67. The minimum Gasteiger partial charge on any atom is -0.496 e. The summed E-state index contributed by atoms with van der Waals surface area (Å²) in [5.74, 6) is 0.889. The molecule has 0 N–H and O–H groups in total. The van der Waals surface area contributed by atoms with Crippen LogP contribution in [0.2, 0.25) is 0 Å². The SMILES string of the molecule is C=Cc1ccc(OC)c(C)c1C=C. The molecule has 0 aliphatic heterocycles. The first-order valence-electron chi connectivity index (χ1n) is 4.17. The predicted octanol–water partition coefficient (Wildman–Crippen LogP) is 3.29. The van der Waals surface area contributed by atoms with Gasteiger partial charge in [-0.05, 0) is 29.7 Å². The fraction of sp³-hybridized carbons (Fsp3) is 0.167. The van der Waals surface area contributed by atoms with Gasteiger partial charge in [-0.25, -0.2) is 0 Å². The Hall–Kier alpha value is -1.50. The van der Waals surface area contributed by atoms with E-state index >= 15 is 0 Å². The molecule has 0 fully saturated rings. The molecule has 0 aliphatic rings. The normalized spacial score (nSPS) is 9.38. The van der Waals surface area contributed by atoms with Gasteiger partial charge in [0.05, 0.1) is 7.11 Å². The Kier molecular flexibility index (Phi) is 2.91. The van der Waals surface area contributed by atoms with Crippen molar-refractivity contribution in [2.45, 2.75) is 6.92 Å². The van der Waals surface area contributed by atoms with Gasteiger partial charge in [-0.2, -0.15) is 0 Å². The first kappa shape index (κ1) is 9.59. The molecule has 1 aromatic carbocycles. The lowest BCUT2D eigenvalue weighted by Gasteiger charge is -2.10. The van der Waals surface area contributed by atoms with Crippen LogP contribution in [0.4, 0.5) is 0 Å². The van der Waals surface area contributed by atoms with Crippen LogP contribution in [0, 0.1) is 6.92 Å². The first-order chi connectivity index (χ1) is 6.24. The Morgan fingerprint density at radius 3 is 2.38 bits per heavy atom. The molecule has 0 unspecified atom stereocenters. The summed E-state index contributed by atoms with van der Waals surface area (Å²) in [5.41, 5.74) is 3.29. The van der Waals surface area contributed by atoms with Gasteiger partial charge >= 0.3 is 0 Å². The van der Waals surface area contributed by atoms with Gasteiger partial charge in [0.25, 0.3) is 0 Å². The molecular weight excluding hydrogens is 160 g/mol. The maximum absolute atomic E-state index is 5.20. The van der Waals surface area contributed by atoms with Gasteiger partial charge in [0, 0.05) is 0 Å². The summed E-state index contributed by atoms with van der Waals surface area (Å²) in [6.45, 7) is 9.54. The number of ether oxygens (including phenoxy) is 1. The molecule has 0 saturated heterocycles. The molecule has 0 atom stereocenters. The molecule has 1 aromatic rings. The summed E-state index contributed by atoms with van der Waals surface area (Å²) in [4.78, 5) is 0. The van der Waals surface area contributed by atoms with Gasteiger partial charge in [0.15, 0.2) is 0 Å². The van der Waals surface area contributed by atoms with E-state index in [0.717, 1.165) is 22.4 Å². The summed E-state index contributed by atoms with van der Waals surface area (Å²) in [5, 5.41) is 0. The average Bonchev–Trinajstić information content (AvgIpc) is 2.17. The number of rotatable bonds is 3. The minimum absolute atomic E-state index is 0.889. The van der Waals surface area contributed by atoms with Crippen molar-refractivity contribution in [3.63, 3.8) is 0 Å². The lowest BCUT2D eigenvalue weighted by molar-refractivity contribution is 0.411. The minimum atomic E-state index is 0.889. The molecule has 0 spiro atoms. The molecule has 0 aliphatic carbocycles. The van der Waals surface area contributed by atoms with Gasteiger partial charge in [-0.15, -0.1) is 0 Å². The highest BCUT2D eigenvalue weighted by Crippen LogP contribution is 2.25. The van der Waals surface area contributed by atoms with Crippen molar-refractivity contribution in [2.75, 3.05) is 7.11 Å². The van der Waals surface area contributed by atoms with Gasteiger partial charge in [0.1, 0.15) is 5.75 Å². The van der Waals surface area contributed by atoms with Crippen LogP contribution in [0.1, 0.15) is 16.7 Å². The van der Waals surface area contributed by atoms with Crippen molar-refractivity contribution in [3.05, 3.63) is 42.0 Å². The van der Waals surface area contributed by atoms with Gasteiger partial charge in [0.2, 0.25) is 0 Å². The smallest absolute Gasteiger partial charge is 0.122 e. The van der Waals surface area contributed by atoms with E-state index in [4.69, 9.17) is 4.74 Å². The van der Waals surface area contributed by atoms with Crippen molar-refractivity contribution >= 4 is 12.2 Å². The molecule has 13 heavy (non-hydrogen) atoms. The van der Waals surface area contributed by atoms with Crippen LogP contribution in [0.15, 0.2) is 25.3 Å². The van der Waals surface area contributed by atoms with E-state index in [0.29, 0.717) is 0 Å². The Balaban J connectivity index is 3.39. The molecule has 0 aromatic heterocycles. The Labute approximate surface area is 79.4 Å². The Bertz CT molecular complexity index is 337. The van der Waals surface area contributed by atoms with Crippen LogP contribution in [0.25, 0.3) is 12.2 Å². The molecule has 0 bridgehead atoms. The van der Waals surface area contributed by atoms with E-state index in [1.807, 2.05) is 31.2 Å². The van der Waals surface area contributed by atoms with Gasteiger partial charge < -0.3 is 4.74 Å². The second-order valence-corrected chi connectivity index (χ2v) is 2.80. The summed E-state index contributed by atoms with van der Waals surface area (Å²) in [6, 6.07) is 3.93. The highest BCUT2D eigenvalue weighted by atomic mass is 16.5. The monoisotopic (exact) mass is 174 g/mol. The number of benzene rings is 1. The topological polar surface area (TPSA) is 9.23 Å². The molecule has 0 saturated carbocycles. The lowest BCUT2D eigenvalue weighted by Crippen LogP contribution is -1.92. The van der Waals surface area contributed by atoms with Crippen LogP contribution in [0.3, 0.4) is 0 Å². The predicted molar refractivity (Wildman–Crippen MR) is 57.9 cm³/mol. The van der Waals surface area contributed by atoms with E-state index in [1.54, 1.807) is 7.11 Å². The third-order valence-electron chi connectivity index (χ3n) is 2.14. The number of hydrogen-bond acceptors (Lipinski definition) is 1.